The monoisotopic (exact) mass is 274 g/mol. The zero-order valence-electron chi connectivity index (χ0n) is 14.7. The summed E-state index contributed by atoms with van der Waals surface area (Å²) in [5, 5.41) is 0. The van der Waals surface area contributed by atoms with Gasteiger partial charge in [-0.1, -0.05) is 84.4 Å². The summed E-state index contributed by atoms with van der Waals surface area (Å²) in [6, 6.07) is 6.52. The molecule has 1 aromatic carbocycles. The van der Waals surface area contributed by atoms with Gasteiger partial charge in [0, 0.05) is 0 Å². The Bertz CT molecular complexity index is 383. The second-order valence-electron chi connectivity index (χ2n) is 4.37. The summed E-state index contributed by atoms with van der Waals surface area (Å²) in [6.07, 6.45) is 8.03. The van der Waals surface area contributed by atoms with Gasteiger partial charge in [-0.05, 0) is 42.5 Å². The highest BCUT2D eigenvalue weighted by Gasteiger charge is 1.97. The highest BCUT2D eigenvalue weighted by Crippen LogP contribution is 2.18. The fraction of sp³-hybridized carbons (Fsp3) is 0.500. The lowest BCUT2D eigenvalue weighted by Gasteiger charge is -2.04. The minimum Gasteiger partial charge on any atom is -0.0912 e. The summed E-state index contributed by atoms with van der Waals surface area (Å²) in [4.78, 5) is 0. The van der Waals surface area contributed by atoms with Crippen molar-refractivity contribution in [3.05, 3.63) is 53.6 Å². The molecule has 0 aromatic heterocycles. The second-order valence-corrected chi connectivity index (χ2v) is 4.37. The third-order valence-corrected chi connectivity index (χ3v) is 2.92. The van der Waals surface area contributed by atoms with E-state index in [0.29, 0.717) is 0 Å². The number of rotatable bonds is 5. The van der Waals surface area contributed by atoms with Crippen LogP contribution < -0.4 is 0 Å². The van der Waals surface area contributed by atoms with Gasteiger partial charge in [-0.2, -0.15) is 0 Å². The van der Waals surface area contributed by atoms with Crippen molar-refractivity contribution in [3.8, 4) is 0 Å². The molecular formula is C20H34. The van der Waals surface area contributed by atoms with Crippen molar-refractivity contribution in [3.63, 3.8) is 0 Å². The van der Waals surface area contributed by atoms with Gasteiger partial charge in [-0.25, -0.2) is 0 Å². The van der Waals surface area contributed by atoms with Crippen molar-refractivity contribution in [1.82, 2.24) is 0 Å². The van der Waals surface area contributed by atoms with Crippen LogP contribution in [-0.2, 0) is 0 Å². The normalized spacial score (nSPS) is 9.35. The zero-order valence-corrected chi connectivity index (χ0v) is 14.7. The molecule has 20 heavy (non-hydrogen) atoms. The lowest BCUT2D eigenvalue weighted by Crippen LogP contribution is -1.85. The molecule has 0 bridgehead atoms. The van der Waals surface area contributed by atoms with E-state index >= 15 is 0 Å². The van der Waals surface area contributed by atoms with Crippen molar-refractivity contribution >= 4 is 5.57 Å². The predicted octanol–water partition coefficient (Wildman–Crippen LogP) is 7.12. The first-order chi connectivity index (χ1) is 9.65. The van der Waals surface area contributed by atoms with Crippen molar-refractivity contribution in [1.29, 1.82) is 0 Å². The minimum absolute atomic E-state index is 1.11. The fourth-order valence-corrected chi connectivity index (χ4v) is 1.58. The van der Waals surface area contributed by atoms with Crippen LogP contribution in [0.5, 0.6) is 0 Å². The quantitative estimate of drug-likeness (QED) is 0.396. The highest BCUT2D eigenvalue weighted by atomic mass is 14.0. The van der Waals surface area contributed by atoms with Gasteiger partial charge >= 0.3 is 0 Å². The van der Waals surface area contributed by atoms with E-state index in [1.54, 1.807) is 0 Å². The standard InChI is InChI=1S/C16H22.2C2H6/c1-5-6-7-8-9-14(3)16-11-10-13(2)15(4)12-16;2*1-2/h8-12H,3,5-7H2,1-2,4H3;2*1-2H3/b9-8-;;. The van der Waals surface area contributed by atoms with Crippen LogP contribution in [0.25, 0.3) is 5.57 Å². The van der Waals surface area contributed by atoms with Crippen molar-refractivity contribution in [2.45, 2.75) is 67.7 Å². The van der Waals surface area contributed by atoms with Crippen molar-refractivity contribution in [2.24, 2.45) is 0 Å². The summed E-state index contributed by atoms with van der Waals surface area (Å²) in [7, 11) is 0. The van der Waals surface area contributed by atoms with Crippen molar-refractivity contribution < 1.29 is 0 Å². The minimum atomic E-state index is 1.11. The van der Waals surface area contributed by atoms with Gasteiger partial charge in [0.2, 0.25) is 0 Å². The third kappa shape index (κ3) is 8.74. The Labute approximate surface area is 127 Å². The summed E-state index contributed by atoms with van der Waals surface area (Å²) in [6.45, 7) is 18.6. The van der Waals surface area contributed by atoms with E-state index in [1.165, 1.54) is 29.5 Å². The molecule has 1 rings (SSSR count). The molecule has 114 valence electrons. The molecule has 0 saturated carbocycles. The first-order valence-corrected chi connectivity index (χ1v) is 8.08. The van der Waals surface area contributed by atoms with E-state index in [4.69, 9.17) is 0 Å². The van der Waals surface area contributed by atoms with Crippen molar-refractivity contribution in [2.75, 3.05) is 0 Å². The largest absolute Gasteiger partial charge is 0.0912 e. The molecule has 0 amide bonds. The molecule has 0 atom stereocenters. The fourth-order valence-electron chi connectivity index (χ4n) is 1.58. The number of allylic oxidation sites excluding steroid dienone is 3. The Balaban J connectivity index is 0. The van der Waals surface area contributed by atoms with Crippen LogP contribution in [0.3, 0.4) is 0 Å². The lowest BCUT2D eigenvalue weighted by molar-refractivity contribution is 0.815. The molecule has 0 heteroatoms. The number of aryl methyl sites for hydroxylation is 2. The Kier molecular flexibility index (Phi) is 14.8. The molecule has 0 nitrogen and oxygen atoms in total. The van der Waals surface area contributed by atoms with Gasteiger partial charge in [0.1, 0.15) is 0 Å². The van der Waals surface area contributed by atoms with Crippen LogP contribution in [0.1, 0.15) is 70.6 Å². The Morgan fingerprint density at radius 1 is 1.05 bits per heavy atom. The summed E-state index contributed by atoms with van der Waals surface area (Å²) < 4.78 is 0. The first kappa shape index (κ1) is 21.0. The third-order valence-electron chi connectivity index (χ3n) is 2.92. The summed E-state index contributed by atoms with van der Waals surface area (Å²) in [5.74, 6) is 0. The maximum Gasteiger partial charge on any atom is -0.0187 e. The topological polar surface area (TPSA) is 0 Å². The molecular weight excluding hydrogens is 240 g/mol. The van der Waals surface area contributed by atoms with E-state index in [9.17, 15) is 0 Å². The van der Waals surface area contributed by atoms with Gasteiger partial charge in [0.25, 0.3) is 0 Å². The molecule has 0 unspecified atom stereocenters. The Hall–Kier alpha value is -1.30. The van der Waals surface area contributed by atoms with Crippen LogP contribution >= 0.6 is 0 Å². The van der Waals surface area contributed by atoms with Gasteiger partial charge in [0.05, 0.1) is 0 Å². The Morgan fingerprint density at radius 3 is 2.15 bits per heavy atom. The van der Waals surface area contributed by atoms with Crippen LogP contribution in [0.4, 0.5) is 0 Å². The molecule has 1 aromatic rings. The molecule has 0 heterocycles. The molecule has 0 aliphatic heterocycles. The van der Waals surface area contributed by atoms with Gasteiger partial charge < -0.3 is 0 Å². The molecule has 0 aliphatic rings. The van der Waals surface area contributed by atoms with Crippen LogP contribution in [0, 0.1) is 13.8 Å². The van der Waals surface area contributed by atoms with E-state index in [0.717, 1.165) is 12.0 Å². The Morgan fingerprint density at radius 2 is 1.65 bits per heavy atom. The first-order valence-electron chi connectivity index (χ1n) is 8.08. The van der Waals surface area contributed by atoms with E-state index in [-0.39, 0.29) is 0 Å². The molecule has 0 saturated heterocycles. The SMILES string of the molecule is C=C(/C=C\CCCC)c1ccc(C)c(C)c1.CC.CC. The van der Waals surface area contributed by atoms with Gasteiger partial charge in [0.15, 0.2) is 0 Å². The van der Waals surface area contributed by atoms with E-state index in [2.05, 4.69) is 57.7 Å². The van der Waals surface area contributed by atoms with Crippen LogP contribution in [-0.4, -0.2) is 0 Å². The second kappa shape index (κ2) is 14.1. The molecule has 0 radical (unpaired) electrons. The van der Waals surface area contributed by atoms with Gasteiger partial charge in [-0.3, -0.25) is 0 Å². The zero-order chi connectivity index (χ0) is 16.0. The maximum absolute atomic E-state index is 4.11. The number of unbranched alkanes of at least 4 members (excludes halogenated alkanes) is 2. The number of benzene rings is 1. The van der Waals surface area contributed by atoms with E-state index < -0.39 is 0 Å². The summed E-state index contributed by atoms with van der Waals surface area (Å²) in [5.41, 5.74) is 5.02. The van der Waals surface area contributed by atoms with Crippen LogP contribution in [0.2, 0.25) is 0 Å². The van der Waals surface area contributed by atoms with E-state index in [1.807, 2.05) is 27.7 Å². The van der Waals surface area contributed by atoms with Gasteiger partial charge in [-0.15, -0.1) is 0 Å². The maximum atomic E-state index is 4.11. The predicted molar refractivity (Wildman–Crippen MR) is 96.3 cm³/mol. The molecule has 0 fully saturated rings. The smallest absolute Gasteiger partial charge is 0.0187 e. The average molecular weight is 274 g/mol. The highest BCUT2D eigenvalue weighted by molar-refractivity contribution is 5.72. The molecule has 0 spiro atoms. The molecule has 0 aliphatic carbocycles. The van der Waals surface area contributed by atoms with Crippen LogP contribution in [0.15, 0.2) is 36.9 Å². The molecule has 0 N–H and O–H groups in total. The number of hydrogen-bond donors (Lipinski definition) is 0. The average Bonchev–Trinajstić information content (AvgIpc) is 2.50. The summed E-state index contributed by atoms with van der Waals surface area (Å²) >= 11 is 0. The lowest BCUT2D eigenvalue weighted by atomic mass is 10.0. The number of hydrogen-bond acceptors (Lipinski definition) is 0.